The summed E-state index contributed by atoms with van der Waals surface area (Å²) >= 11 is 1.25. The molecule has 0 aliphatic heterocycles. The molecule has 0 aliphatic carbocycles. The number of amides is 1. The van der Waals surface area contributed by atoms with E-state index in [-0.39, 0.29) is 6.04 Å². The Labute approximate surface area is 129 Å². The van der Waals surface area contributed by atoms with Crippen LogP contribution in [-0.2, 0) is 11.0 Å². The zero-order chi connectivity index (χ0) is 15.4. The van der Waals surface area contributed by atoms with Gasteiger partial charge in [0.05, 0.1) is 15.8 Å². The minimum atomic E-state index is -1.32. The second-order valence-electron chi connectivity index (χ2n) is 4.52. The van der Waals surface area contributed by atoms with E-state index in [1.54, 1.807) is 17.6 Å². The summed E-state index contributed by atoms with van der Waals surface area (Å²) in [5.74, 6) is -0.543. The third-order valence-corrected chi connectivity index (χ3v) is 5.65. The Morgan fingerprint density at radius 1 is 1.29 bits per heavy atom. The number of rotatable bonds is 5. The number of thiophene rings is 1. The first-order valence-corrected chi connectivity index (χ1v) is 8.27. The normalized spacial score (nSPS) is 13.7. The van der Waals surface area contributed by atoms with Crippen LogP contribution in [0.4, 0.5) is 0 Å². The standard InChI is InChI=1S/C14H16N2O3S2/c1-9-5-3-4-6-13(9)21(19)16-10(2)11-7-8-12(20-11)14(17)15-18/h3-8,10,16,18H,1-2H3,(H,15,17). The summed E-state index contributed by atoms with van der Waals surface area (Å²) in [7, 11) is -1.32. The summed E-state index contributed by atoms with van der Waals surface area (Å²) in [6.07, 6.45) is 0. The maximum atomic E-state index is 12.3. The molecule has 2 aromatic rings. The van der Waals surface area contributed by atoms with Gasteiger partial charge in [-0.15, -0.1) is 11.3 Å². The van der Waals surface area contributed by atoms with Crippen molar-refractivity contribution in [3.8, 4) is 0 Å². The van der Waals surface area contributed by atoms with Crippen molar-refractivity contribution in [2.45, 2.75) is 24.8 Å². The first kappa shape index (κ1) is 15.8. The molecule has 1 aromatic heterocycles. The van der Waals surface area contributed by atoms with E-state index in [9.17, 15) is 9.00 Å². The van der Waals surface area contributed by atoms with Gasteiger partial charge in [0, 0.05) is 4.88 Å². The lowest BCUT2D eigenvalue weighted by atomic mass is 10.2. The van der Waals surface area contributed by atoms with Crippen LogP contribution >= 0.6 is 11.3 Å². The van der Waals surface area contributed by atoms with Crippen molar-refractivity contribution in [3.63, 3.8) is 0 Å². The van der Waals surface area contributed by atoms with Crippen LogP contribution in [0.2, 0.25) is 0 Å². The molecule has 0 bridgehead atoms. The van der Waals surface area contributed by atoms with Gasteiger partial charge in [0.25, 0.3) is 5.91 Å². The minimum absolute atomic E-state index is 0.171. The van der Waals surface area contributed by atoms with Crippen LogP contribution in [0.3, 0.4) is 0 Å². The van der Waals surface area contributed by atoms with Gasteiger partial charge in [-0.25, -0.2) is 14.4 Å². The Bertz CT molecular complexity index is 670. The predicted molar refractivity (Wildman–Crippen MR) is 82.7 cm³/mol. The summed E-state index contributed by atoms with van der Waals surface area (Å²) in [5, 5.41) is 8.60. The zero-order valence-electron chi connectivity index (χ0n) is 11.6. The molecule has 3 N–H and O–H groups in total. The van der Waals surface area contributed by atoms with E-state index in [0.29, 0.717) is 4.88 Å². The predicted octanol–water partition coefficient (Wildman–Crippen LogP) is 2.55. The average molecular weight is 324 g/mol. The lowest BCUT2D eigenvalue weighted by molar-refractivity contribution is 0.0711. The van der Waals surface area contributed by atoms with Crippen molar-refractivity contribution in [2.75, 3.05) is 0 Å². The van der Waals surface area contributed by atoms with Gasteiger partial charge in [-0.3, -0.25) is 10.0 Å². The maximum absolute atomic E-state index is 12.3. The van der Waals surface area contributed by atoms with Gasteiger partial charge in [-0.1, -0.05) is 18.2 Å². The molecular weight excluding hydrogens is 308 g/mol. The maximum Gasteiger partial charge on any atom is 0.284 e. The van der Waals surface area contributed by atoms with Gasteiger partial charge in [0.15, 0.2) is 0 Å². The molecule has 0 spiro atoms. The van der Waals surface area contributed by atoms with Gasteiger partial charge in [-0.2, -0.15) is 0 Å². The first-order valence-electron chi connectivity index (χ1n) is 6.30. The molecule has 0 saturated heterocycles. The van der Waals surface area contributed by atoms with Crippen molar-refractivity contribution in [1.82, 2.24) is 10.2 Å². The van der Waals surface area contributed by atoms with Crippen LogP contribution in [0.5, 0.6) is 0 Å². The molecule has 5 nitrogen and oxygen atoms in total. The van der Waals surface area contributed by atoms with E-state index in [0.717, 1.165) is 15.3 Å². The number of carbonyl (C=O) groups excluding carboxylic acids is 1. The Kier molecular flexibility index (Phi) is 5.24. The lowest BCUT2D eigenvalue weighted by Crippen LogP contribution is -2.21. The highest BCUT2D eigenvalue weighted by Crippen LogP contribution is 2.24. The molecular formula is C14H16N2O3S2. The fourth-order valence-corrected chi connectivity index (χ4v) is 3.92. The van der Waals surface area contributed by atoms with E-state index >= 15 is 0 Å². The Hall–Kier alpha value is -1.54. The number of benzene rings is 1. The smallest absolute Gasteiger partial charge is 0.284 e. The Balaban J connectivity index is 2.09. The number of hydrogen-bond donors (Lipinski definition) is 3. The highest BCUT2D eigenvalue weighted by molar-refractivity contribution is 7.83. The molecule has 1 amide bonds. The largest absolute Gasteiger partial charge is 0.288 e. The molecule has 21 heavy (non-hydrogen) atoms. The number of hydroxylamine groups is 1. The summed E-state index contributed by atoms with van der Waals surface area (Å²) in [6, 6.07) is 10.7. The van der Waals surface area contributed by atoms with Crippen molar-refractivity contribution in [2.24, 2.45) is 0 Å². The summed E-state index contributed by atoms with van der Waals surface area (Å²) in [4.78, 5) is 13.3. The van der Waals surface area contributed by atoms with Crippen LogP contribution in [0.15, 0.2) is 41.3 Å². The highest BCUT2D eigenvalue weighted by Gasteiger charge is 2.16. The third kappa shape index (κ3) is 3.76. The van der Waals surface area contributed by atoms with Crippen LogP contribution in [-0.4, -0.2) is 15.3 Å². The van der Waals surface area contributed by atoms with E-state index < -0.39 is 16.9 Å². The topological polar surface area (TPSA) is 78.4 Å². The van der Waals surface area contributed by atoms with Crippen LogP contribution in [0.1, 0.15) is 33.1 Å². The van der Waals surface area contributed by atoms with E-state index in [2.05, 4.69) is 4.72 Å². The van der Waals surface area contributed by atoms with Crippen LogP contribution in [0.25, 0.3) is 0 Å². The SMILES string of the molecule is Cc1ccccc1S(=O)NC(C)c1ccc(C(=O)NO)s1. The zero-order valence-corrected chi connectivity index (χ0v) is 13.3. The van der Waals surface area contributed by atoms with Crippen molar-refractivity contribution < 1.29 is 14.2 Å². The molecule has 112 valence electrons. The van der Waals surface area contributed by atoms with Gasteiger partial charge in [0.1, 0.15) is 11.0 Å². The third-order valence-electron chi connectivity index (χ3n) is 2.96. The second-order valence-corrected chi connectivity index (χ2v) is 6.85. The molecule has 7 heteroatoms. The minimum Gasteiger partial charge on any atom is -0.288 e. The molecule has 0 fully saturated rings. The quantitative estimate of drug-likeness (QED) is 0.584. The summed E-state index contributed by atoms with van der Waals surface area (Å²) in [5.41, 5.74) is 2.56. The molecule has 0 saturated carbocycles. The Morgan fingerprint density at radius 2 is 2.00 bits per heavy atom. The summed E-state index contributed by atoms with van der Waals surface area (Å²) < 4.78 is 15.3. The van der Waals surface area contributed by atoms with E-state index in [1.807, 2.05) is 38.1 Å². The van der Waals surface area contributed by atoms with Gasteiger partial charge in [0.2, 0.25) is 0 Å². The van der Waals surface area contributed by atoms with E-state index in [4.69, 9.17) is 5.21 Å². The van der Waals surface area contributed by atoms with Gasteiger partial charge < -0.3 is 0 Å². The number of aryl methyl sites for hydroxylation is 1. The van der Waals surface area contributed by atoms with Crippen LogP contribution in [0, 0.1) is 6.92 Å². The summed E-state index contributed by atoms with van der Waals surface area (Å²) in [6.45, 7) is 3.79. The molecule has 2 rings (SSSR count). The lowest BCUT2D eigenvalue weighted by Gasteiger charge is -2.12. The van der Waals surface area contributed by atoms with Gasteiger partial charge >= 0.3 is 0 Å². The van der Waals surface area contributed by atoms with Crippen molar-refractivity contribution in [3.05, 3.63) is 51.7 Å². The fraction of sp³-hybridized carbons (Fsp3) is 0.214. The Morgan fingerprint density at radius 3 is 2.67 bits per heavy atom. The van der Waals surface area contributed by atoms with Crippen molar-refractivity contribution >= 4 is 28.2 Å². The second kappa shape index (κ2) is 6.95. The molecule has 1 aromatic carbocycles. The average Bonchev–Trinajstić information content (AvgIpc) is 2.96. The molecule has 0 radical (unpaired) electrons. The van der Waals surface area contributed by atoms with E-state index in [1.165, 1.54) is 11.3 Å². The van der Waals surface area contributed by atoms with Gasteiger partial charge in [-0.05, 0) is 37.6 Å². The van der Waals surface area contributed by atoms with Crippen molar-refractivity contribution in [1.29, 1.82) is 0 Å². The molecule has 2 unspecified atom stereocenters. The first-order chi connectivity index (χ1) is 10.0. The van der Waals surface area contributed by atoms with Crippen LogP contribution < -0.4 is 10.2 Å². The molecule has 2 atom stereocenters. The highest BCUT2D eigenvalue weighted by atomic mass is 32.2. The number of carbonyl (C=O) groups is 1. The molecule has 0 aliphatic rings. The number of hydrogen-bond acceptors (Lipinski definition) is 4. The number of nitrogens with one attached hydrogen (secondary N) is 2. The molecule has 1 heterocycles. The fourth-order valence-electron chi connectivity index (χ4n) is 1.81. The monoisotopic (exact) mass is 324 g/mol.